The molecule has 1 aromatic heterocycles. The zero-order valence-corrected chi connectivity index (χ0v) is 12.5. The minimum absolute atomic E-state index is 0.0264. The first-order valence-electron chi connectivity index (χ1n) is 6.41. The van der Waals surface area contributed by atoms with Crippen LogP contribution in [0.5, 0.6) is 0 Å². The van der Waals surface area contributed by atoms with Crippen molar-refractivity contribution in [1.82, 2.24) is 9.71 Å². The zero-order chi connectivity index (χ0) is 15.7. The third-order valence-electron chi connectivity index (χ3n) is 3.42. The molecule has 0 aliphatic heterocycles. The van der Waals surface area contributed by atoms with Gasteiger partial charge in [0, 0.05) is 11.6 Å². The number of pyridine rings is 1. The fourth-order valence-electron chi connectivity index (χ4n) is 1.91. The number of nitrogens with zero attached hydrogens (tertiary/aromatic N) is 1. The normalized spacial score (nSPS) is 14.8. The van der Waals surface area contributed by atoms with E-state index in [1.807, 2.05) is 0 Å². The second kappa shape index (κ2) is 5.42. The molecule has 6 nitrogen and oxygen atoms in total. The van der Waals surface area contributed by atoms with Crippen LogP contribution in [0.1, 0.15) is 20.3 Å². The zero-order valence-electron chi connectivity index (χ0n) is 11.7. The maximum Gasteiger partial charge on any atom is 0.324 e. The van der Waals surface area contributed by atoms with Crippen LogP contribution < -0.4 is 4.72 Å². The topological polar surface area (TPSA) is 96.4 Å². The summed E-state index contributed by atoms with van der Waals surface area (Å²) in [6, 6.07) is 8.22. The van der Waals surface area contributed by atoms with Gasteiger partial charge in [0.25, 0.3) is 0 Å². The third kappa shape index (κ3) is 2.88. The highest BCUT2D eigenvalue weighted by Crippen LogP contribution is 2.23. The van der Waals surface area contributed by atoms with E-state index in [0.29, 0.717) is 10.9 Å². The number of aliphatic carboxylic acids is 1. The molecule has 0 bridgehead atoms. The molecular formula is C14H16N2O4S. The molecule has 0 spiro atoms. The van der Waals surface area contributed by atoms with Crippen molar-refractivity contribution < 1.29 is 18.3 Å². The van der Waals surface area contributed by atoms with E-state index in [2.05, 4.69) is 9.71 Å². The lowest BCUT2D eigenvalue weighted by atomic mass is 10.0. The molecule has 1 unspecified atom stereocenters. The van der Waals surface area contributed by atoms with Crippen molar-refractivity contribution in [2.45, 2.75) is 30.7 Å². The van der Waals surface area contributed by atoms with E-state index >= 15 is 0 Å². The molecule has 21 heavy (non-hydrogen) atoms. The maximum absolute atomic E-state index is 12.5. The van der Waals surface area contributed by atoms with E-state index in [-0.39, 0.29) is 11.3 Å². The Kier molecular flexibility index (Phi) is 3.97. The average Bonchev–Trinajstić information content (AvgIpc) is 2.45. The fourth-order valence-corrected chi connectivity index (χ4v) is 3.53. The summed E-state index contributed by atoms with van der Waals surface area (Å²) in [5.41, 5.74) is -1.24. The summed E-state index contributed by atoms with van der Waals surface area (Å²) in [4.78, 5) is 15.3. The van der Waals surface area contributed by atoms with Gasteiger partial charge in [0.05, 0.1) is 5.52 Å². The van der Waals surface area contributed by atoms with Crippen LogP contribution in [-0.4, -0.2) is 30.0 Å². The molecule has 2 N–H and O–H groups in total. The molecule has 1 aromatic carbocycles. The summed E-state index contributed by atoms with van der Waals surface area (Å²) >= 11 is 0. The van der Waals surface area contributed by atoms with Crippen LogP contribution in [0.2, 0.25) is 0 Å². The molecule has 0 radical (unpaired) electrons. The first-order chi connectivity index (χ1) is 9.80. The maximum atomic E-state index is 12.5. The standard InChI is InChI=1S/C14H16N2O4S/c1-3-14(2,13(17)18)16-21(19,20)11-8-4-6-10-7-5-9-15-12(10)11/h4-9,16H,3H2,1-2H3,(H,17,18). The van der Waals surface area contributed by atoms with Crippen LogP contribution in [0.15, 0.2) is 41.4 Å². The van der Waals surface area contributed by atoms with E-state index in [4.69, 9.17) is 0 Å². The smallest absolute Gasteiger partial charge is 0.324 e. The number of para-hydroxylation sites is 1. The quantitative estimate of drug-likeness (QED) is 0.877. The van der Waals surface area contributed by atoms with Gasteiger partial charge in [-0.25, -0.2) is 8.42 Å². The summed E-state index contributed by atoms with van der Waals surface area (Å²) in [7, 11) is -3.99. The lowest BCUT2D eigenvalue weighted by Gasteiger charge is -2.24. The third-order valence-corrected chi connectivity index (χ3v) is 5.05. The van der Waals surface area contributed by atoms with Crippen LogP contribution in [-0.2, 0) is 14.8 Å². The van der Waals surface area contributed by atoms with Gasteiger partial charge in [-0.05, 0) is 25.5 Å². The Labute approximate surface area is 122 Å². The number of carboxylic acid groups (broad SMARTS) is 1. The van der Waals surface area contributed by atoms with Gasteiger partial charge < -0.3 is 5.11 Å². The van der Waals surface area contributed by atoms with Crippen LogP contribution in [0.25, 0.3) is 10.9 Å². The molecule has 0 aliphatic carbocycles. The SMILES string of the molecule is CCC(C)(NS(=O)(=O)c1cccc2cccnc12)C(=O)O. The molecule has 0 saturated heterocycles. The number of benzene rings is 1. The number of aromatic nitrogens is 1. The van der Waals surface area contributed by atoms with Gasteiger partial charge in [0.1, 0.15) is 10.4 Å². The molecule has 7 heteroatoms. The molecule has 0 aliphatic rings. The largest absolute Gasteiger partial charge is 0.480 e. The van der Waals surface area contributed by atoms with Crippen molar-refractivity contribution in [3.8, 4) is 0 Å². The Balaban J connectivity index is 2.55. The van der Waals surface area contributed by atoms with Gasteiger partial charge in [-0.15, -0.1) is 0 Å². The number of nitrogens with one attached hydrogen (secondary N) is 1. The summed E-state index contributed by atoms with van der Waals surface area (Å²) in [6.07, 6.45) is 1.62. The van der Waals surface area contributed by atoms with Crippen molar-refractivity contribution in [3.05, 3.63) is 36.5 Å². The minimum atomic E-state index is -3.99. The van der Waals surface area contributed by atoms with Gasteiger partial charge >= 0.3 is 5.97 Å². The van der Waals surface area contributed by atoms with E-state index in [0.717, 1.165) is 0 Å². The van der Waals surface area contributed by atoms with Crippen molar-refractivity contribution in [2.75, 3.05) is 0 Å². The predicted octanol–water partition coefficient (Wildman–Crippen LogP) is 1.77. The molecule has 0 amide bonds. The van der Waals surface area contributed by atoms with Crippen LogP contribution in [0, 0.1) is 0 Å². The summed E-state index contributed by atoms with van der Waals surface area (Å²) < 4.78 is 27.3. The Morgan fingerprint density at radius 2 is 2.00 bits per heavy atom. The molecule has 0 fully saturated rings. The highest BCUT2D eigenvalue weighted by atomic mass is 32.2. The molecule has 1 atom stereocenters. The second-order valence-corrected chi connectivity index (χ2v) is 6.58. The number of rotatable bonds is 5. The van der Waals surface area contributed by atoms with Crippen molar-refractivity contribution in [3.63, 3.8) is 0 Å². The number of carbonyl (C=O) groups is 1. The highest BCUT2D eigenvalue weighted by molar-refractivity contribution is 7.89. The predicted molar refractivity (Wildman–Crippen MR) is 78.4 cm³/mol. The van der Waals surface area contributed by atoms with Gasteiger partial charge in [-0.1, -0.05) is 25.1 Å². The van der Waals surface area contributed by atoms with Crippen LogP contribution >= 0.6 is 0 Å². The highest BCUT2D eigenvalue weighted by Gasteiger charge is 2.36. The molecule has 1 heterocycles. The van der Waals surface area contributed by atoms with E-state index < -0.39 is 21.5 Å². The Hall–Kier alpha value is -1.99. The Morgan fingerprint density at radius 1 is 1.33 bits per heavy atom. The van der Waals surface area contributed by atoms with Gasteiger partial charge in [-0.3, -0.25) is 9.78 Å². The summed E-state index contributed by atoms with van der Waals surface area (Å²) in [5, 5.41) is 9.89. The Bertz CT molecular complexity index is 783. The number of hydrogen-bond acceptors (Lipinski definition) is 4. The van der Waals surface area contributed by atoms with Gasteiger partial charge in [-0.2, -0.15) is 4.72 Å². The average molecular weight is 308 g/mol. The number of sulfonamides is 1. The fraction of sp³-hybridized carbons (Fsp3) is 0.286. The lowest BCUT2D eigenvalue weighted by Crippen LogP contribution is -2.51. The van der Waals surface area contributed by atoms with E-state index in [1.165, 1.54) is 19.2 Å². The monoisotopic (exact) mass is 308 g/mol. The number of hydrogen-bond donors (Lipinski definition) is 2. The molecule has 0 saturated carbocycles. The van der Waals surface area contributed by atoms with Crippen molar-refractivity contribution >= 4 is 26.9 Å². The summed E-state index contributed by atoms with van der Waals surface area (Å²) in [6.45, 7) is 2.95. The summed E-state index contributed by atoms with van der Waals surface area (Å²) in [5.74, 6) is -1.22. The van der Waals surface area contributed by atoms with Gasteiger partial charge in [0.15, 0.2) is 0 Å². The molecule has 112 valence electrons. The van der Waals surface area contributed by atoms with Crippen LogP contribution in [0.3, 0.4) is 0 Å². The molecular weight excluding hydrogens is 292 g/mol. The van der Waals surface area contributed by atoms with Gasteiger partial charge in [0.2, 0.25) is 10.0 Å². The van der Waals surface area contributed by atoms with Crippen molar-refractivity contribution in [2.24, 2.45) is 0 Å². The van der Waals surface area contributed by atoms with E-state index in [1.54, 1.807) is 31.2 Å². The van der Waals surface area contributed by atoms with Crippen LogP contribution in [0.4, 0.5) is 0 Å². The number of carboxylic acids is 1. The van der Waals surface area contributed by atoms with E-state index in [9.17, 15) is 18.3 Å². The Morgan fingerprint density at radius 3 is 2.62 bits per heavy atom. The molecule has 2 rings (SSSR count). The number of fused-ring (bicyclic) bond motifs is 1. The first-order valence-corrected chi connectivity index (χ1v) is 7.89. The minimum Gasteiger partial charge on any atom is -0.480 e. The lowest BCUT2D eigenvalue weighted by molar-refractivity contribution is -0.143. The first kappa shape index (κ1) is 15.4. The second-order valence-electron chi connectivity index (χ2n) is 4.93. The molecule has 2 aromatic rings. The van der Waals surface area contributed by atoms with Crippen molar-refractivity contribution in [1.29, 1.82) is 0 Å².